The molecule has 0 radical (unpaired) electrons. The predicted octanol–water partition coefficient (Wildman–Crippen LogP) is 3.77. The molecule has 0 spiro atoms. The summed E-state index contributed by atoms with van der Waals surface area (Å²) in [5.41, 5.74) is 0.879. The molecule has 2 rings (SSSR count). The van der Waals surface area contributed by atoms with E-state index in [2.05, 4.69) is 4.98 Å². The highest BCUT2D eigenvalue weighted by Gasteiger charge is 2.07. The van der Waals surface area contributed by atoms with Gasteiger partial charge in [-0.05, 0) is 12.1 Å². The molecule has 1 aromatic carbocycles. The summed E-state index contributed by atoms with van der Waals surface area (Å²) in [5, 5.41) is 0.700. The molecule has 3 nitrogen and oxygen atoms in total. The van der Waals surface area contributed by atoms with Crippen molar-refractivity contribution in [1.29, 1.82) is 0 Å². The molecule has 5 heteroatoms. The predicted molar refractivity (Wildman–Crippen MR) is 68.9 cm³/mol. The van der Waals surface area contributed by atoms with Crippen LogP contribution < -0.4 is 0 Å². The molecule has 0 bridgehead atoms. The average Bonchev–Trinajstić information content (AvgIpc) is 2.75. The maximum absolute atomic E-state index is 10.8. The third-order valence-electron chi connectivity index (χ3n) is 2.06. The van der Waals surface area contributed by atoms with Crippen molar-refractivity contribution in [3.05, 3.63) is 41.4 Å². The number of hydrogen-bond acceptors (Lipinski definition) is 4. The SMILES string of the molecule is CC(=O)SCc1ncc(-c2cccc(Cl)c2)o1. The molecular weight excluding hydrogens is 258 g/mol. The summed E-state index contributed by atoms with van der Waals surface area (Å²) in [7, 11) is 0. The Morgan fingerprint density at radius 3 is 3.06 bits per heavy atom. The van der Waals surface area contributed by atoms with Crippen molar-refractivity contribution in [3.8, 4) is 11.3 Å². The lowest BCUT2D eigenvalue weighted by atomic mass is 10.2. The number of rotatable bonds is 3. The number of carbonyl (C=O) groups excluding carboxylic acids is 1. The highest BCUT2D eigenvalue weighted by molar-refractivity contribution is 8.12. The van der Waals surface area contributed by atoms with Crippen molar-refractivity contribution >= 4 is 28.5 Å². The Hall–Kier alpha value is -1.26. The highest BCUT2D eigenvalue weighted by Crippen LogP contribution is 2.24. The van der Waals surface area contributed by atoms with Crippen LogP contribution in [0.15, 0.2) is 34.9 Å². The van der Waals surface area contributed by atoms with Crippen LogP contribution in [0.3, 0.4) is 0 Å². The van der Waals surface area contributed by atoms with Gasteiger partial charge in [-0.2, -0.15) is 0 Å². The lowest BCUT2D eigenvalue weighted by Crippen LogP contribution is -1.84. The summed E-state index contributed by atoms with van der Waals surface area (Å²) in [6.07, 6.45) is 1.64. The zero-order chi connectivity index (χ0) is 12.3. The number of carbonyl (C=O) groups is 1. The maximum Gasteiger partial charge on any atom is 0.205 e. The quantitative estimate of drug-likeness (QED) is 0.849. The van der Waals surface area contributed by atoms with Crippen LogP contribution >= 0.6 is 23.4 Å². The van der Waals surface area contributed by atoms with Crippen molar-refractivity contribution in [2.75, 3.05) is 0 Å². The highest BCUT2D eigenvalue weighted by atomic mass is 35.5. The van der Waals surface area contributed by atoms with Crippen LogP contribution in [0.25, 0.3) is 11.3 Å². The number of oxazole rings is 1. The van der Waals surface area contributed by atoms with E-state index in [0.717, 1.165) is 5.56 Å². The molecular formula is C12H10ClNO2S. The van der Waals surface area contributed by atoms with Gasteiger partial charge >= 0.3 is 0 Å². The fraction of sp³-hybridized carbons (Fsp3) is 0.167. The number of thioether (sulfide) groups is 1. The van der Waals surface area contributed by atoms with Gasteiger partial charge in [-0.3, -0.25) is 4.79 Å². The van der Waals surface area contributed by atoms with E-state index in [1.54, 1.807) is 12.3 Å². The van der Waals surface area contributed by atoms with E-state index < -0.39 is 0 Å². The summed E-state index contributed by atoms with van der Waals surface area (Å²) in [6, 6.07) is 7.36. The lowest BCUT2D eigenvalue weighted by molar-refractivity contribution is -0.109. The van der Waals surface area contributed by atoms with Crippen molar-refractivity contribution in [2.45, 2.75) is 12.7 Å². The summed E-state index contributed by atoms with van der Waals surface area (Å²) < 4.78 is 5.53. The third kappa shape index (κ3) is 3.35. The molecule has 0 N–H and O–H groups in total. The van der Waals surface area contributed by atoms with E-state index in [0.29, 0.717) is 22.4 Å². The number of aromatic nitrogens is 1. The van der Waals surface area contributed by atoms with Gasteiger partial charge in [0.15, 0.2) is 10.9 Å². The molecule has 0 aliphatic rings. The first-order valence-corrected chi connectivity index (χ1v) is 6.35. The molecule has 1 aromatic heterocycles. The minimum absolute atomic E-state index is 0.0486. The first kappa shape index (κ1) is 12.2. The van der Waals surface area contributed by atoms with Crippen LogP contribution in [0, 0.1) is 0 Å². The van der Waals surface area contributed by atoms with Crippen LogP contribution in [0.4, 0.5) is 0 Å². The van der Waals surface area contributed by atoms with E-state index in [-0.39, 0.29) is 5.12 Å². The van der Waals surface area contributed by atoms with Gasteiger partial charge in [0.25, 0.3) is 0 Å². The molecule has 0 aliphatic heterocycles. The lowest BCUT2D eigenvalue weighted by Gasteiger charge is -1.96. The summed E-state index contributed by atoms with van der Waals surface area (Å²) >= 11 is 7.07. The van der Waals surface area contributed by atoms with E-state index >= 15 is 0 Å². The van der Waals surface area contributed by atoms with Crippen LogP contribution in [-0.2, 0) is 10.5 Å². The average molecular weight is 268 g/mol. The summed E-state index contributed by atoms with van der Waals surface area (Å²) in [4.78, 5) is 14.9. The van der Waals surface area contributed by atoms with E-state index in [9.17, 15) is 4.79 Å². The van der Waals surface area contributed by atoms with Gasteiger partial charge in [-0.1, -0.05) is 35.5 Å². The molecule has 0 saturated heterocycles. The second-order valence-electron chi connectivity index (χ2n) is 3.41. The van der Waals surface area contributed by atoms with Crippen LogP contribution in [0.1, 0.15) is 12.8 Å². The third-order valence-corrected chi connectivity index (χ3v) is 3.09. The minimum Gasteiger partial charge on any atom is -0.440 e. The van der Waals surface area contributed by atoms with Gasteiger partial charge in [-0.15, -0.1) is 0 Å². The van der Waals surface area contributed by atoms with Crippen LogP contribution in [0.2, 0.25) is 5.02 Å². The second-order valence-corrected chi connectivity index (χ2v) is 5.00. The Bertz CT molecular complexity index is 539. The van der Waals surface area contributed by atoms with Crippen molar-refractivity contribution in [2.24, 2.45) is 0 Å². The normalized spacial score (nSPS) is 10.5. The van der Waals surface area contributed by atoms with Gasteiger partial charge in [0.2, 0.25) is 5.89 Å². The molecule has 0 unspecified atom stereocenters. The summed E-state index contributed by atoms with van der Waals surface area (Å²) in [5.74, 6) is 1.66. The Morgan fingerprint density at radius 1 is 1.53 bits per heavy atom. The number of nitrogens with zero attached hydrogens (tertiary/aromatic N) is 1. The van der Waals surface area contributed by atoms with Gasteiger partial charge < -0.3 is 4.42 Å². The first-order chi connectivity index (χ1) is 8.15. The van der Waals surface area contributed by atoms with E-state index in [1.165, 1.54) is 18.7 Å². The molecule has 0 atom stereocenters. The number of hydrogen-bond donors (Lipinski definition) is 0. The van der Waals surface area contributed by atoms with Gasteiger partial charge in [0.1, 0.15) is 0 Å². The fourth-order valence-corrected chi connectivity index (χ4v) is 1.97. The molecule has 88 valence electrons. The van der Waals surface area contributed by atoms with Crippen molar-refractivity contribution in [3.63, 3.8) is 0 Å². The minimum atomic E-state index is 0.0486. The summed E-state index contributed by atoms with van der Waals surface area (Å²) in [6.45, 7) is 1.52. The number of halogens is 1. The largest absolute Gasteiger partial charge is 0.440 e. The molecule has 0 fully saturated rings. The van der Waals surface area contributed by atoms with Crippen molar-refractivity contribution < 1.29 is 9.21 Å². The monoisotopic (exact) mass is 267 g/mol. The molecule has 0 amide bonds. The Balaban J connectivity index is 2.15. The maximum atomic E-state index is 10.8. The van der Waals surface area contributed by atoms with Gasteiger partial charge in [-0.25, -0.2) is 4.98 Å². The molecule has 17 heavy (non-hydrogen) atoms. The van der Waals surface area contributed by atoms with Crippen LogP contribution in [-0.4, -0.2) is 10.1 Å². The topological polar surface area (TPSA) is 43.1 Å². The molecule has 2 aromatic rings. The zero-order valence-corrected chi connectivity index (χ0v) is 10.7. The Morgan fingerprint density at radius 2 is 2.35 bits per heavy atom. The Kier molecular flexibility index (Phi) is 3.86. The van der Waals surface area contributed by atoms with Gasteiger partial charge in [0.05, 0.1) is 11.9 Å². The number of benzene rings is 1. The smallest absolute Gasteiger partial charge is 0.205 e. The first-order valence-electron chi connectivity index (χ1n) is 4.99. The second kappa shape index (κ2) is 5.38. The molecule has 1 heterocycles. The standard InChI is InChI=1S/C12H10ClNO2S/c1-8(15)17-7-12-14-6-11(16-12)9-3-2-4-10(13)5-9/h2-6H,7H2,1H3. The van der Waals surface area contributed by atoms with E-state index in [1.807, 2.05) is 18.2 Å². The zero-order valence-electron chi connectivity index (χ0n) is 9.14. The van der Waals surface area contributed by atoms with Crippen molar-refractivity contribution in [1.82, 2.24) is 4.98 Å². The van der Waals surface area contributed by atoms with E-state index in [4.69, 9.17) is 16.0 Å². The fourth-order valence-electron chi connectivity index (χ4n) is 1.32. The van der Waals surface area contributed by atoms with Gasteiger partial charge in [0, 0.05) is 17.5 Å². The van der Waals surface area contributed by atoms with Crippen LogP contribution in [0.5, 0.6) is 0 Å². The molecule has 0 saturated carbocycles. The Labute approximate surface area is 108 Å². The molecule has 0 aliphatic carbocycles.